The van der Waals surface area contributed by atoms with Crippen molar-refractivity contribution in [3.63, 3.8) is 0 Å². The van der Waals surface area contributed by atoms with E-state index in [0.717, 1.165) is 0 Å². The van der Waals surface area contributed by atoms with Crippen LogP contribution in [0.2, 0.25) is 0 Å². The molecule has 0 radical (unpaired) electrons. The average Bonchev–Trinajstić information content (AvgIpc) is 2.65. The third-order valence-corrected chi connectivity index (χ3v) is 3.73. The number of hydrogen-bond acceptors (Lipinski definition) is 12. The topological polar surface area (TPSA) is 273 Å². The fourth-order valence-corrected chi connectivity index (χ4v) is 2.30. The Hall–Kier alpha value is -4.21. The first-order valence-corrected chi connectivity index (χ1v) is 9.19. The molecule has 0 aromatic rings. The van der Waals surface area contributed by atoms with Crippen molar-refractivity contribution < 1.29 is 78.2 Å². The lowest BCUT2D eigenvalue weighted by atomic mass is 10.1. The Labute approximate surface area is 189 Å². The molecule has 0 spiro atoms. The minimum absolute atomic E-state index is 0.938. The molecule has 0 rings (SSSR count). The van der Waals surface area contributed by atoms with E-state index >= 15 is 0 Å². The molecule has 16 heteroatoms. The van der Waals surface area contributed by atoms with Crippen molar-refractivity contribution in [3.05, 3.63) is 0 Å². The van der Waals surface area contributed by atoms with Crippen LogP contribution in [0.4, 0.5) is 0 Å². The third kappa shape index (κ3) is 12.6. The van der Waals surface area contributed by atoms with Gasteiger partial charge < -0.3 is 35.0 Å². The number of aliphatic hydroxyl groups excluding tert-OH is 1. The molecule has 0 amide bonds. The molecule has 0 aromatic heterocycles. The molecule has 16 nitrogen and oxygen atoms in total. The van der Waals surface area contributed by atoms with Crippen molar-refractivity contribution in [1.82, 2.24) is 0 Å². The molecule has 0 aliphatic carbocycles. The van der Waals surface area contributed by atoms with Gasteiger partial charge in [-0.15, -0.1) is 0 Å². The zero-order valence-electron chi connectivity index (χ0n) is 17.2. The smallest absolute Gasteiger partial charge is 0.374 e. The second-order valence-electron chi connectivity index (χ2n) is 6.69. The number of esters is 2. The van der Waals surface area contributed by atoms with E-state index in [-0.39, 0.29) is 0 Å². The van der Waals surface area contributed by atoms with Crippen molar-refractivity contribution in [2.24, 2.45) is 0 Å². The van der Waals surface area contributed by atoms with Gasteiger partial charge in [0.15, 0.2) is 0 Å². The van der Waals surface area contributed by atoms with Gasteiger partial charge in [-0.3, -0.25) is 28.8 Å². The molecule has 0 aliphatic rings. The highest BCUT2D eigenvalue weighted by atomic mass is 16.6. The number of aliphatic carboxylic acids is 4. The Bertz CT molecular complexity index is 871. The molecule has 0 heterocycles. The number of carbonyl (C=O) groups is 9. The van der Waals surface area contributed by atoms with Gasteiger partial charge in [-0.2, -0.15) is 0 Å². The molecule has 3 atom stereocenters. The summed E-state index contributed by atoms with van der Waals surface area (Å²) in [7, 11) is 0. The van der Waals surface area contributed by atoms with Gasteiger partial charge in [-0.1, -0.05) is 0 Å². The SMILES string of the molecule is O=C(O)CC(CC(=O)C(=O)O)OC(=O)CC(O)CC(=O)C(=O)OC(CC(=O)O)CC(=O)C(=O)O. The molecule has 0 bridgehead atoms. The van der Waals surface area contributed by atoms with Crippen LogP contribution >= 0.6 is 0 Å². The van der Waals surface area contributed by atoms with Crippen LogP contribution in [0.1, 0.15) is 38.5 Å². The quantitative estimate of drug-likeness (QED) is 0.104. The average molecular weight is 492 g/mol. The standard InChI is InChI=1S/C18H20O16/c19-7(2-15(27)33-8(5-13(23)24)3-10(20)16(28)29)1-12(22)18(32)34-9(6-14(25)26)4-11(21)17(30)31/h7-9,19H,1-6H2,(H,23,24)(H,25,26)(H,28,29)(H,30,31). The van der Waals surface area contributed by atoms with E-state index in [0.29, 0.717) is 0 Å². The number of carboxylic acid groups (broad SMARTS) is 4. The molecule has 0 fully saturated rings. The zero-order valence-corrected chi connectivity index (χ0v) is 17.2. The second kappa shape index (κ2) is 14.0. The summed E-state index contributed by atoms with van der Waals surface area (Å²) in [6.45, 7) is 0. The largest absolute Gasteiger partial charge is 0.481 e. The van der Waals surface area contributed by atoms with Crippen LogP contribution in [0.15, 0.2) is 0 Å². The van der Waals surface area contributed by atoms with Gasteiger partial charge in [0, 0.05) is 6.42 Å². The van der Waals surface area contributed by atoms with Crippen molar-refractivity contribution in [3.8, 4) is 0 Å². The number of rotatable bonds is 17. The first-order chi connectivity index (χ1) is 15.6. The number of hydrogen-bond donors (Lipinski definition) is 5. The number of carboxylic acids is 4. The summed E-state index contributed by atoms with van der Waals surface area (Å²) in [6, 6.07) is 0. The number of ketones is 3. The maximum atomic E-state index is 11.8. The van der Waals surface area contributed by atoms with Crippen LogP contribution in [0.25, 0.3) is 0 Å². The molecule has 0 aromatic carbocycles. The molecule has 34 heavy (non-hydrogen) atoms. The maximum Gasteiger partial charge on any atom is 0.374 e. The van der Waals surface area contributed by atoms with Gasteiger partial charge in [-0.05, 0) is 0 Å². The van der Waals surface area contributed by atoms with E-state index in [1.807, 2.05) is 0 Å². The van der Waals surface area contributed by atoms with Crippen LogP contribution < -0.4 is 0 Å². The minimum Gasteiger partial charge on any atom is -0.481 e. The first-order valence-electron chi connectivity index (χ1n) is 9.19. The molecule has 5 N–H and O–H groups in total. The summed E-state index contributed by atoms with van der Waals surface area (Å²) < 4.78 is 9.10. The van der Waals surface area contributed by atoms with E-state index in [1.54, 1.807) is 0 Å². The van der Waals surface area contributed by atoms with Crippen LogP contribution in [0.3, 0.4) is 0 Å². The lowest BCUT2D eigenvalue weighted by Gasteiger charge is -2.17. The number of carbonyl (C=O) groups excluding carboxylic acids is 5. The van der Waals surface area contributed by atoms with Crippen molar-refractivity contribution >= 4 is 53.2 Å². The molecule has 0 saturated carbocycles. The summed E-state index contributed by atoms with van der Waals surface area (Å²) >= 11 is 0. The Kier molecular flexibility index (Phi) is 12.3. The molecular formula is C18H20O16. The number of Topliss-reactive ketones (excluding diaryl/α,β-unsaturated/α-hetero) is 3. The fourth-order valence-electron chi connectivity index (χ4n) is 2.30. The first kappa shape index (κ1) is 29.8. The van der Waals surface area contributed by atoms with Crippen molar-refractivity contribution in [2.75, 3.05) is 0 Å². The lowest BCUT2D eigenvalue weighted by molar-refractivity contribution is -0.164. The predicted octanol–water partition coefficient (Wildman–Crippen LogP) is -2.44. The monoisotopic (exact) mass is 492 g/mol. The van der Waals surface area contributed by atoms with Crippen molar-refractivity contribution in [1.29, 1.82) is 0 Å². The predicted molar refractivity (Wildman–Crippen MR) is 99.0 cm³/mol. The van der Waals surface area contributed by atoms with E-state index in [4.69, 9.17) is 20.4 Å². The Morgan fingerprint density at radius 3 is 1.32 bits per heavy atom. The van der Waals surface area contributed by atoms with Gasteiger partial charge in [0.1, 0.15) is 12.2 Å². The van der Waals surface area contributed by atoms with Gasteiger partial charge in [0.25, 0.3) is 0 Å². The Balaban J connectivity index is 4.93. The minimum atomic E-state index is -1.93. The van der Waals surface area contributed by atoms with Crippen LogP contribution in [-0.4, -0.2) is 97.0 Å². The lowest BCUT2D eigenvalue weighted by Crippen LogP contribution is -2.32. The maximum absolute atomic E-state index is 11.8. The molecule has 3 unspecified atom stereocenters. The summed E-state index contributed by atoms with van der Waals surface area (Å²) in [6.07, 6.45) is -11.4. The van der Waals surface area contributed by atoms with Gasteiger partial charge >= 0.3 is 35.8 Å². The summed E-state index contributed by atoms with van der Waals surface area (Å²) in [5.74, 6) is -14.4. The summed E-state index contributed by atoms with van der Waals surface area (Å²) in [5.41, 5.74) is 0. The van der Waals surface area contributed by atoms with Crippen molar-refractivity contribution in [2.45, 2.75) is 56.8 Å². The second-order valence-corrected chi connectivity index (χ2v) is 6.69. The summed E-state index contributed by atoms with van der Waals surface area (Å²) in [4.78, 5) is 100. The van der Waals surface area contributed by atoms with E-state index in [2.05, 4.69) is 9.47 Å². The zero-order chi connectivity index (χ0) is 26.6. The highest BCUT2D eigenvalue weighted by molar-refractivity contribution is 6.34. The van der Waals surface area contributed by atoms with Crippen LogP contribution in [0, 0.1) is 0 Å². The summed E-state index contributed by atoms with van der Waals surface area (Å²) in [5, 5.41) is 44.3. The van der Waals surface area contributed by atoms with Gasteiger partial charge in [0.05, 0.1) is 38.2 Å². The van der Waals surface area contributed by atoms with Crippen LogP contribution in [0.5, 0.6) is 0 Å². The fraction of sp³-hybridized carbons (Fsp3) is 0.500. The van der Waals surface area contributed by atoms with E-state index in [9.17, 15) is 48.3 Å². The molecule has 0 saturated heterocycles. The number of ether oxygens (including phenoxy) is 2. The molecule has 0 aliphatic heterocycles. The van der Waals surface area contributed by atoms with E-state index < -0.39 is 110 Å². The molecular weight excluding hydrogens is 472 g/mol. The normalized spacial score (nSPS) is 13.0. The highest BCUT2D eigenvalue weighted by Gasteiger charge is 2.30. The number of aliphatic hydroxyl groups is 1. The highest BCUT2D eigenvalue weighted by Crippen LogP contribution is 2.11. The Morgan fingerprint density at radius 1 is 0.529 bits per heavy atom. The van der Waals surface area contributed by atoms with Gasteiger partial charge in [0.2, 0.25) is 17.3 Å². The van der Waals surface area contributed by atoms with Gasteiger partial charge in [-0.25, -0.2) is 14.4 Å². The third-order valence-electron chi connectivity index (χ3n) is 3.73. The Morgan fingerprint density at radius 2 is 0.941 bits per heavy atom. The van der Waals surface area contributed by atoms with Crippen LogP contribution in [-0.2, 0) is 52.6 Å². The van der Waals surface area contributed by atoms with E-state index in [1.165, 1.54) is 0 Å². The molecule has 188 valence electrons.